The molecule has 1 amide bonds. The highest BCUT2D eigenvalue weighted by Crippen LogP contribution is 2.09. The van der Waals surface area contributed by atoms with Gasteiger partial charge in [0.2, 0.25) is 5.91 Å². The molecule has 0 aliphatic carbocycles. The van der Waals surface area contributed by atoms with Crippen LogP contribution < -0.4 is 5.32 Å². The van der Waals surface area contributed by atoms with Crippen molar-refractivity contribution in [3.8, 4) is 12.3 Å². The van der Waals surface area contributed by atoms with E-state index in [1.54, 1.807) is 4.90 Å². The van der Waals surface area contributed by atoms with Gasteiger partial charge in [-0.1, -0.05) is 5.92 Å². The van der Waals surface area contributed by atoms with Crippen LogP contribution >= 0.6 is 0 Å². The standard InChI is InChI=1S/C11H20N4O3S/c1-4-5-12-10-11(16)14-6-8-15(9-7-14)19(17,18)13(2)3/h1,12H,5-10H2,2-3H3. The van der Waals surface area contributed by atoms with Crippen molar-refractivity contribution in [3.63, 3.8) is 0 Å². The number of amides is 1. The Balaban J connectivity index is 2.45. The summed E-state index contributed by atoms with van der Waals surface area (Å²) in [6.45, 7) is 1.99. The number of nitrogens with one attached hydrogen (secondary N) is 1. The average molecular weight is 288 g/mol. The maximum absolute atomic E-state index is 11.9. The van der Waals surface area contributed by atoms with Gasteiger partial charge < -0.3 is 4.90 Å². The van der Waals surface area contributed by atoms with Gasteiger partial charge >= 0.3 is 0 Å². The topological polar surface area (TPSA) is 73.0 Å². The second-order valence-electron chi connectivity index (χ2n) is 4.38. The zero-order valence-electron chi connectivity index (χ0n) is 11.3. The van der Waals surface area contributed by atoms with Crippen LogP contribution in [0.3, 0.4) is 0 Å². The van der Waals surface area contributed by atoms with Gasteiger partial charge in [0.05, 0.1) is 13.1 Å². The molecule has 1 saturated heterocycles. The van der Waals surface area contributed by atoms with Gasteiger partial charge in [-0.3, -0.25) is 10.1 Å². The third-order valence-corrected chi connectivity index (χ3v) is 4.82. The fourth-order valence-electron chi connectivity index (χ4n) is 1.75. The number of carbonyl (C=O) groups excluding carboxylic acids is 1. The van der Waals surface area contributed by atoms with Crippen molar-refractivity contribution < 1.29 is 13.2 Å². The first-order valence-electron chi connectivity index (χ1n) is 5.99. The van der Waals surface area contributed by atoms with Crippen LogP contribution in [-0.2, 0) is 15.0 Å². The fraction of sp³-hybridized carbons (Fsp3) is 0.727. The van der Waals surface area contributed by atoms with Gasteiger partial charge in [-0.25, -0.2) is 0 Å². The van der Waals surface area contributed by atoms with Gasteiger partial charge in [0, 0.05) is 40.3 Å². The fourth-order valence-corrected chi connectivity index (χ4v) is 2.84. The molecule has 1 heterocycles. The van der Waals surface area contributed by atoms with Crippen molar-refractivity contribution in [1.82, 2.24) is 18.8 Å². The Hall–Kier alpha value is -1.14. The van der Waals surface area contributed by atoms with Gasteiger partial charge in [-0.05, 0) is 0 Å². The molecular formula is C11H20N4O3S. The van der Waals surface area contributed by atoms with Crippen molar-refractivity contribution >= 4 is 16.1 Å². The van der Waals surface area contributed by atoms with E-state index in [2.05, 4.69) is 11.2 Å². The normalized spacial score (nSPS) is 17.5. The summed E-state index contributed by atoms with van der Waals surface area (Å²) in [5, 5.41) is 2.82. The lowest BCUT2D eigenvalue weighted by Crippen LogP contribution is -2.54. The summed E-state index contributed by atoms with van der Waals surface area (Å²) in [7, 11) is -0.390. The number of nitrogens with zero attached hydrogens (tertiary/aromatic N) is 3. The van der Waals surface area contributed by atoms with Gasteiger partial charge in [0.1, 0.15) is 0 Å². The molecule has 7 nitrogen and oxygen atoms in total. The zero-order valence-corrected chi connectivity index (χ0v) is 12.1. The van der Waals surface area contributed by atoms with Crippen LogP contribution in [0, 0.1) is 12.3 Å². The van der Waals surface area contributed by atoms with Crippen molar-refractivity contribution in [2.75, 3.05) is 53.4 Å². The first kappa shape index (κ1) is 15.9. The summed E-state index contributed by atoms with van der Waals surface area (Å²) >= 11 is 0. The van der Waals surface area contributed by atoms with E-state index in [1.165, 1.54) is 22.7 Å². The van der Waals surface area contributed by atoms with E-state index in [0.29, 0.717) is 32.7 Å². The molecule has 1 aliphatic rings. The number of rotatable bonds is 5. The molecule has 1 rings (SSSR count). The second-order valence-corrected chi connectivity index (χ2v) is 6.52. The van der Waals surface area contributed by atoms with E-state index in [-0.39, 0.29) is 12.5 Å². The number of terminal acetylenes is 1. The molecule has 1 aliphatic heterocycles. The minimum Gasteiger partial charge on any atom is -0.339 e. The Labute approximate surface area is 114 Å². The minimum absolute atomic E-state index is 0.0582. The molecule has 0 aromatic rings. The minimum atomic E-state index is -3.38. The van der Waals surface area contributed by atoms with E-state index < -0.39 is 10.2 Å². The lowest BCUT2D eigenvalue weighted by Gasteiger charge is -2.35. The third-order valence-electron chi connectivity index (χ3n) is 2.88. The van der Waals surface area contributed by atoms with Gasteiger partial charge in [-0.2, -0.15) is 17.0 Å². The van der Waals surface area contributed by atoms with Crippen molar-refractivity contribution in [3.05, 3.63) is 0 Å². The first-order chi connectivity index (χ1) is 8.89. The molecule has 0 radical (unpaired) electrons. The van der Waals surface area contributed by atoms with Crippen molar-refractivity contribution in [1.29, 1.82) is 0 Å². The Bertz CT molecular complexity index is 447. The van der Waals surface area contributed by atoms with Crippen LogP contribution in [0.4, 0.5) is 0 Å². The molecule has 0 aromatic heterocycles. The smallest absolute Gasteiger partial charge is 0.281 e. The van der Waals surface area contributed by atoms with Crippen molar-refractivity contribution in [2.45, 2.75) is 0 Å². The molecule has 1 N–H and O–H groups in total. The highest BCUT2D eigenvalue weighted by atomic mass is 32.2. The molecule has 0 spiro atoms. The Morgan fingerprint density at radius 1 is 1.32 bits per heavy atom. The van der Waals surface area contributed by atoms with Gasteiger partial charge in [0.15, 0.2) is 0 Å². The molecule has 19 heavy (non-hydrogen) atoms. The maximum Gasteiger partial charge on any atom is 0.281 e. The molecule has 0 atom stereocenters. The number of hydrogen-bond donors (Lipinski definition) is 1. The van der Waals surface area contributed by atoms with E-state index in [0.717, 1.165) is 0 Å². The Morgan fingerprint density at radius 3 is 2.37 bits per heavy atom. The summed E-state index contributed by atoms with van der Waals surface area (Å²) in [4.78, 5) is 13.4. The van der Waals surface area contributed by atoms with Crippen LogP contribution in [0.25, 0.3) is 0 Å². The molecule has 0 aromatic carbocycles. The Morgan fingerprint density at radius 2 is 1.89 bits per heavy atom. The first-order valence-corrected chi connectivity index (χ1v) is 7.39. The quantitative estimate of drug-likeness (QED) is 0.477. The second kappa shape index (κ2) is 6.86. The summed E-state index contributed by atoms with van der Waals surface area (Å²) < 4.78 is 26.3. The summed E-state index contributed by atoms with van der Waals surface area (Å²) in [5.74, 6) is 2.33. The summed E-state index contributed by atoms with van der Waals surface area (Å²) in [5.41, 5.74) is 0. The van der Waals surface area contributed by atoms with Crippen LogP contribution in [0.1, 0.15) is 0 Å². The lowest BCUT2D eigenvalue weighted by molar-refractivity contribution is -0.131. The predicted octanol–water partition coefficient (Wildman–Crippen LogP) is -1.84. The molecule has 1 fully saturated rings. The molecule has 0 saturated carbocycles. The van der Waals surface area contributed by atoms with Gasteiger partial charge in [0.25, 0.3) is 10.2 Å². The van der Waals surface area contributed by atoms with Crippen molar-refractivity contribution in [2.24, 2.45) is 0 Å². The summed E-state index contributed by atoms with van der Waals surface area (Å²) in [6, 6.07) is 0. The zero-order chi connectivity index (χ0) is 14.5. The predicted molar refractivity (Wildman–Crippen MR) is 72.5 cm³/mol. The van der Waals surface area contributed by atoms with Gasteiger partial charge in [-0.15, -0.1) is 6.42 Å². The number of hydrogen-bond acceptors (Lipinski definition) is 4. The molecule has 108 valence electrons. The van der Waals surface area contributed by atoms with Crippen LogP contribution in [-0.4, -0.2) is 81.2 Å². The monoisotopic (exact) mass is 288 g/mol. The lowest BCUT2D eigenvalue weighted by atomic mass is 10.3. The van der Waals surface area contributed by atoms with Crippen LogP contribution in [0.5, 0.6) is 0 Å². The van der Waals surface area contributed by atoms with Crippen LogP contribution in [0.15, 0.2) is 0 Å². The van der Waals surface area contributed by atoms with E-state index in [4.69, 9.17) is 6.42 Å². The number of piperazine rings is 1. The molecule has 8 heteroatoms. The highest BCUT2D eigenvalue weighted by Gasteiger charge is 2.29. The van der Waals surface area contributed by atoms with E-state index in [1.807, 2.05) is 0 Å². The van der Waals surface area contributed by atoms with E-state index in [9.17, 15) is 13.2 Å². The number of carbonyl (C=O) groups is 1. The third kappa shape index (κ3) is 4.18. The largest absolute Gasteiger partial charge is 0.339 e. The average Bonchev–Trinajstić information content (AvgIpc) is 2.39. The molecular weight excluding hydrogens is 268 g/mol. The van der Waals surface area contributed by atoms with E-state index >= 15 is 0 Å². The highest BCUT2D eigenvalue weighted by molar-refractivity contribution is 7.86. The maximum atomic E-state index is 11.9. The summed E-state index contributed by atoms with van der Waals surface area (Å²) in [6.07, 6.45) is 5.07. The molecule has 0 unspecified atom stereocenters. The van der Waals surface area contributed by atoms with Crippen LogP contribution in [0.2, 0.25) is 0 Å². The molecule has 0 bridgehead atoms. The Kier molecular flexibility index (Phi) is 5.75. The SMILES string of the molecule is C#CCNCC(=O)N1CCN(S(=O)(=O)N(C)C)CC1.